The predicted octanol–water partition coefficient (Wildman–Crippen LogP) is 3.79. The summed E-state index contributed by atoms with van der Waals surface area (Å²) < 4.78 is 1.66. The summed E-state index contributed by atoms with van der Waals surface area (Å²) in [5.74, 6) is 0.289. The molecule has 3 heteroatoms. The van der Waals surface area contributed by atoms with Gasteiger partial charge in [-0.3, -0.25) is 0 Å². The van der Waals surface area contributed by atoms with E-state index in [-0.39, 0.29) is 5.88 Å². The molecule has 0 aliphatic heterocycles. The third-order valence-corrected chi connectivity index (χ3v) is 3.44. The largest absolute Gasteiger partial charge is 0.493 e. The second-order valence-electron chi connectivity index (χ2n) is 4.95. The molecule has 0 aliphatic carbocycles. The Labute approximate surface area is 114 Å². The van der Waals surface area contributed by atoms with Gasteiger partial charge in [-0.25, -0.2) is 4.68 Å². The third kappa shape index (κ3) is 2.80. The van der Waals surface area contributed by atoms with Crippen molar-refractivity contribution < 1.29 is 5.11 Å². The van der Waals surface area contributed by atoms with Crippen LogP contribution in [0, 0.1) is 6.92 Å². The van der Waals surface area contributed by atoms with Gasteiger partial charge in [-0.1, -0.05) is 38.0 Å². The lowest BCUT2D eigenvalue weighted by atomic mass is 10.1. The van der Waals surface area contributed by atoms with Crippen molar-refractivity contribution in [3.05, 3.63) is 41.1 Å². The van der Waals surface area contributed by atoms with Gasteiger partial charge in [0.1, 0.15) is 0 Å². The topological polar surface area (TPSA) is 38.0 Å². The molecule has 0 saturated heterocycles. The SMILES string of the molecule is CCCCc1nn(-c2ccc(C)cc2)c(O)c1CC. The van der Waals surface area contributed by atoms with E-state index in [0.717, 1.165) is 42.6 Å². The molecule has 1 aromatic heterocycles. The number of aromatic hydroxyl groups is 1. The van der Waals surface area contributed by atoms with Gasteiger partial charge in [0.25, 0.3) is 0 Å². The summed E-state index contributed by atoms with van der Waals surface area (Å²) in [5, 5.41) is 14.9. The number of nitrogens with zero attached hydrogens (tertiary/aromatic N) is 2. The van der Waals surface area contributed by atoms with Crippen LogP contribution >= 0.6 is 0 Å². The second-order valence-corrected chi connectivity index (χ2v) is 4.95. The van der Waals surface area contributed by atoms with Gasteiger partial charge >= 0.3 is 0 Å². The number of unbranched alkanes of at least 4 members (excludes halogenated alkanes) is 1. The van der Waals surface area contributed by atoms with E-state index in [0.29, 0.717) is 0 Å². The van der Waals surface area contributed by atoms with Crippen LogP contribution in [-0.2, 0) is 12.8 Å². The Bertz CT molecular complexity index is 541. The maximum atomic E-state index is 10.3. The number of aryl methyl sites for hydroxylation is 2. The van der Waals surface area contributed by atoms with Crippen molar-refractivity contribution in [2.45, 2.75) is 46.5 Å². The first kappa shape index (κ1) is 13.7. The molecule has 0 saturated carbocycles. The first-order valence-corrected chi connectivity index (χ1v) is 7.04. The van der Waals surface area contributed by atoms with Gasteiger partial charge in [0.05, 0.1) is 11.4 Å². The molecule has 2 aromatic rings. The molecule has 0 bridgehead atoms. The number of rotatable bonds is 5. The normalized spacial score (nSPS) is 10.9. The van der Waals surface area contributed by atoms with Gasteiger partial charge in [0, 0.05) is 5.56 Å². The molecule has 1 heterocycles. The van der Waals surface area contributed by atoms with Crippen LogP contribution < -0.4 is 0 Å². The van der Waals surface area contributed by atoms with Gasteiger partial charge in [0.15, 0.2) is 0 Å². The molecule has 1 aromatic carbocycles. The molecule has 2 rings (SSSR count). The minimum atomic E-state index is 0.289. The highest BCUT2D eigenvalue weighted by molar-refractivity contribution is 5.41. The second kappa shape index (κ2) is 5.91. The number of aromatic nitrogens is 2. The Morgan fingerprint density at radius 3 is 2.42 bits per heavy atom. The number of hydrogen-bond donors (Lipinski definition) is 1. The van der Waals surface area contributed by atoms with E-state index >= 15 is 0 Å². The van der Waals surface area contributed by atoms with Crippen molar-refractivity contribution in [2.24, 2.45) is 0 Å². The molecule has 19 heavy (non-hydrogen) atoms. The van der Waals surface area contributed by atoms with E-state index < -0.39 is 0 Å². The molecular formula is C16H22N2O. The Morgan fingerprint density at radius 1 is 1.16 bits per heavy atom. The lowest BCUT2D eigenvalue weighted by Gasteiger charge is -2.03. The number of hydrogen-bond acceptors (Lipinski definition) is 2. The van der Waals surface area contributed by atoms with Gasteiger partial charge in [-0.15, -0.1) is 0 Å². The molecule has 102 valence electrons. The van der Waals surface area contributed by atoms with Crippen LogP contribution in [0.25, 0.3) is 5.69 Å². The quantitative estimate of drug-likeness (QED) is 0.886. The monoisotopic (exact) mass is 258 g/mol. The summed E-state index contributed by atoms with van der Waals surface area (Å²) in [4.78, 5) is 0. The first-order chi connectivity index (χ1) is 9.17. The molecule has 0 fully saturated rings. The van der Waals surface area contributed by atoms with E-state index in [9.17, 15) is 5.11 Å². The average Bonchev–Trinajstić information content (AvgIpc) is 2.73. The molecule has 0 unspecified atom stereocenters. The summed E-state index contributed by atoms with van der Waals surface area (Å²) in [6.45, 7) is 6.28. The van der Waals surface area contributed by atoms with E-state index in [1.807, 2.05) is 24.3 Å². The van der Waals surface area contributed by atoms with Gasteiger partial charge in [0.2, 0.25) is 5.88 Å². The van der Waals surface area contributed by atoms with Crippen molar-refractivity contribution in [1.82, 2.24) is 9.78 Å². The van der Waals surface area contributed by atoms with E-state index in [4.69, 9.17) is 0 Å². The van der Waals surface area contributed by atoms with E-state index in [2.05, 4.69) is 25.9 Å². The fourth-order valence-corrected chi connectivity index (χ4v) is 2.26. The Hall–Kier alpha value is -1.77. The van der Waals surface area contributed by atoms with E-state index in [1.165, 1.54) is 5.56 Å². The highest BCUT2D eigenvalue weighted by Crippen LogP contribution is 2.26. The van der Waals surface area contributed by atoms with Crippen LogP contribution in [-0.4, -0.2) is 14.9 Å². The smallest absolute Gasteiger partial charge is 0.217 e. The summed E-state index contributed by atoms with van der Waals surface area (Å²) in [6.07, 6.45) is 4.00. The molecule has 0 amide bonds. The van der Waals surface area contributed by atoms with Crippen LogP contribution in [0.1, 0.15) is 43.5 Å². The van der Waals surface area contributed by atoms with Crippen LogP contribution in [0.4, 0.5) is 0 Å². The highest BCUT2D eigenvalue weighted by Gasteiger charge is 2.16. The van der Waals surface area contributed by atoms with Crippen molar-refractivity contribution >= 4 is 0 Å². The van der Waals surface area contributed by atoms with Crippen molar-refractivity contribution in [1.29, 1.82) is 0 Å². The van der Waals surface area contributed by atoms with Crippen molar-refractivity contribution in [3.63, 3.8) is 0 Å². The molecule has 0 radical (unpaired) electrons. The summed E-state index contributed by atoms with van der Waals surface area (Å²) in [7, 11) is 0. The summed E-state index contributed by atoms with van der Waals surface area (Å²) in [6, 6.07) is 8.05. The zero-order valence-corrected chi connectivity index (χ0v) is 12.0. The molecule has 0 atom stereocenters. The maximum Gasteiger partial charge on any atom is 0.217 e. The molecule has 3 nitrogen and oxygen atoms in total. The Kier molecular flexibility index (Phi) is 4.25. The van der Waals surface area contributed by atoms with Crippen molar-refractivity contribution in [3.8, 4) is 11.6 Å². The lowest BCUT2D eigenvalue weighted by molar-refractivity contribution is 0.428. The molecular weight excluding hydrogens is 236 g/mol. The zero-order valence-electron chi connectivity index (χ0n) is 12.0. The average molecular weight is 258 g/mol. The first-order valence-electron chi connectivity index (χ1n) is 7.04. The van der Waals surface area contributed by atoms with Crippen LogP contribution in [0.2, 0.25) is 0 Å². The minimum Gasteiger partial charge on any atom is -0.493 e. The molecule has 0 aliphatic rings. The minimum absolute atomic E-state index is 0.289. The Morgan fingerprint density at radius 2 is 1.84 bits per heavy atom. The lowest BCUT2D eigenvalue weighted by Crippen LogP contribution is -1.97. The fourth-order valence-electron chi connectivity index (χ4n) is 2.26. The van der Waals surface area contributed by atoms with Crippen molar-refractivity contribution in [2.75, 3.05) is 0 Å². The molecule has 1 N–H and O–H groups in total. The van der Waals surface area contributed by atoms with Gasteiger partial charge < -0.3 is 5.11 Å². The van der Waals surface area contributed by atoms with Crippen LogP contribution in [0.3, 0.4) is 0 Å². The Balaban J connectivity index is 2.40. The van der Waals surface area contributed by atoms with Crippen LogP contribution in [0.5, 0.6) is 5.88 Å². The molecule has 0 spiro atoms. The third-order valence-electron chi connectivity index (χ3n) is 3.44. The summed E-state index contributed by atoms with van der Waals surface area (Å²) >= 11 is 0. The number of benzene rings is 1. The standard InChI is InChI=1S/C16H22N2O/c1-4-6-7-15-14(5-2)16(19)18(17-15)13-10-8-12(3)9-11-13/h8-11,19H,4-7H2,1-3H3. The van der Waals surface area contributed by atoms with Crippen LogP contribution in [0.15, 0.2) is 24.3 Å². The van der Waals surface area contributed by atoms with Gasteiger partial charge in [-0.05, 0) is 38.3 Å². The predicted molar refractivity (Wildman–Crippen MR) is 78.0 cm³/mol. The van der Waals surface area contributed by atoms with Gasteiger partial charge in [-0.2, -0.15) is 5.10 Å². The highest BCUT2D eigenvalue weighted by atomic mass is 16.3. The maximum absolute atomic E-state index is 10.3. The van der Waals surface area contributed by atoms with E-state index in [1.54, 1.807) is 4.68 Å². The zero-order chi connectivity index (χ0) is 13.8. The summed E-state index contributed by atoms with van der Waals surface area (Å²) in [5.41, 5.74) is 4.13. The fraction of sp³-hybridized carbons (Fsp3) is 0.438.